The van der Waals surface area contributed by atoms with Crippen LogP contribution in [-0.4, -0.2) is 33.9 Å². The first kappa shape index (κ1) is 13.7. The molecule has 0 spiro atoms. The molecule has 1 amide bonds. The molecule has 1 aromatic heterocycles. The van der Waals surface area contributed by atoms with Gasteiger partial charge >= 0.3 is 0 Å². The van der Waals surface area contributed by atoms with Crippen molar-refractivity contribution in [2.75, 3.05) is 13.1 Å². The standard InChI is InChI=1S/C17H19N3O/c1-17(2)11-20(16(21)14-8-18-12-19-9-14)10-15(17)13-6-4-3-5-7-13/h3-9,12,15H,10-11H2,1-2H3/t15-/m1/s1. The highest BCUT2D eigenvalue weighted by atomic mass is 16.2. The molecule has 0 unspecified atom stereocenters. The normalized spacial score (nSPS) is 20.5. The number of benzene rings is 1. The van der Waals surface area contributed by atoms with Crippen LogP contribution in [0.25, 0.3) is 0 Å². The van der Waals surface area contributed by atoms with E-state index in [1.54, 1.807) is 12.4 Å². The van der Waals surface area contributed by atoms with Gasteiger partial charge in [0.05, 0.1) is 5.56 Å². The first-order valence-corrected chi connectivity index (χ1v) is 7.17. The van der Waals surface area contributed by atoms with Crippen LogP contribution in [0.3, 0.4) is 0 Å². The van der Waals surface area contributed by atoms with Crippen molar-refractivity contribution < 1.29 is 4.79 Å². The molecule has 0 N–H and O–H groups in total. The minimum Gasteiger partial charge on any atom is -0.337 e. The van der Waals surface area contributed by atoms with Crippen molar-refractivity contribution in [3.05, 3.63) is 60.2 Å². The Labute approximate surface area is 124 Å². The van der Waals surface area contributed by atoms with Gasteiger partial charge in [-0.25, -0.2) is 9.97 Å². The van der Waals surface area contributed by atoms with Crippen LogP contribution in [0.5, 0.6) is 0 Å². The largest absolute Gasteiger partial charge is 0.337 e. The van der Waals surface area contributed by atoms with Crippen LogP contribution in [0.1, 0.15) is 35.7 Å². The molecule has 0 bridgehead atoms. The third-order valence-corrected chi connectivity index (χ3v) is 4.24. The van der Waals surface area contributed by atoms with E-state index in [9.17, 15) is 4.79 Å². The Bertz CT molecular complexity index is 625. The maximum absolute atomic E-state index is 12.6. The van der Waals surface area contributed by atoms with Crippen molar-refractivity contribution in [1.82, 2.24) is 14.9 Å². The van der Waals surface area contributed by atoms with E-state index < -0.39 is 0 Å². The molecule has 4 nitrogen and oxygen atoms in total. The lowest BCUT2D eigenvalue weighted by Crippen LogP contribution is -2.30. The summed E-state index contributed by atoms with van der Waals surface area (Å²) in [4.78, 5) is 22.3. The van der Waals surface area contributed by atoms with Crippen molar-refractivity contribution >= 4 is 5.91 Å². The summed E-state index contributed by atoms with van der Waals surface area (Å²) in [5.41, 5.74) is 1.91. The molecule has 0 aliphatic carbocycles. The molecule has 108 valence electrons. The minimum atomic E-state index is 0.0158. The molecule has 1 aromatic carbocycles. The van der Waals surface area contributed by atoms with Gasteiger partial charge in [0.2, 0.25) is 0 Å². The maximum atomic E-state index is 12.6. The average molecular weight is 281 g/mol. The van der Waals surface area contributed by atoms with Gasteiger partial charge in [0.25, 0.3) is 5.91 Å². The molecule has 1 aliphatic rings. The van der Waals surface area contributed by atoms with Gasteiger partial charge < -0.3 is 4.90 Å². The maximum Gasteiger partial charge on any atom is 0.257 e. The van der Waals surface area contributed by atoms with Gasteiger partial charge in [-0.3, -0.25) is 4.79 Å². The zero-order valence-corrected chi connectivity index (χ0v) is 12.4. The predicted molar refractivity (Wildman–Crippen MR) is 80.9 cm³/mol. The number of carbonyl (C=O) groups excluding carboxylic acids is 1. The number of nitrogens with zero attached hydrogens (tertiary/aromatic N) is 3. The van der Waals surface area contributed by atoms with Gasteiger partial charge in [-0.1, -0.05) is 44.2 Å². The van der Waals surface area contributed by atoms with Crippen molar-refractivity contribution in [2.24, 2.45) is 5.41 Å². The Morgan fingerprint density at radius 2 is 1.86 bits per heavy atom. The quantitative estimate of drug-likeness (QED) is 0.850. The topological polar surface area (TPSA) is 46.1 Å². The smallest absolute Gasteiger partial charge is 0.257 e. The third kappa shape index (κ3) is 2.66. The summed E-state index contributed by atoms with van der Waals surface area (Å²) in [5.74, 6) is 0.370. The number of aromatic nitrogens is 2. The van der Waals surface area contributed by atoms with E-state index in [2.05, 4.69) is 48.1 Å². The van der Waals surface area contributed by atoms with Crippen LogP contribution in [0, 0.1) is 5.41 Å². The van der Waals surface area contributed by atoms with Crippen LogP contribution >= 0.6 is 0 Å². The van der Waals surface area contributed by atoms with E-state index >= 15 is 0 Å². The average Bonchev–Trinajstić information content (AvgIpc) is 2.84. The fraction of sp³-hybridized carbons (Fsp3) is 0.353. The summed E-state index contributed by atoms with van der Waals surface area (Å²) in [7, 11) is 0. The number of hydrogen-bond donors (Lipinski definition) is 0. The van der Waals surface area contributed by atoms with E-state index in [0.717, 1.165) is 13.1 Å². The molecule has 4 heteroatoms. The van der Waals surface area contributed by atoms with E-state index in [4.69, 9.17) is 0 Å². The summed E-state index contributed by atoms with van der Waals surface area (Å²) in [6.07, 6.45) is 4.60. The second-order valence-electron chi connectivity index (χ2n) is 6.26. The highest BCUT2D eigenvalue weighted by Gasteiger charge is 2.42. The molecule has 2 aromatic rings. The Morgan fingerprint density at radius 3 is 2.52 bits per heavy atom. The summed E-state index contributed by atoms with van der Waals surface area (Å²) >= 11 is 0. The predicted octanol–water partition coefficient (Wildman–Crippen LogP) is 2.74. The van der Waals surface area contributed by atoms with Crippen LogP contribution < -0.4 is 0 Å². The Morgan fingerprint density at radius 1 is 1.19 bits per heavy atom. The van der Waals surface area contributed by atoms with Gasteiger partial charge in [0.15, 0.2) is 0 Å². The zero-order valence-electron chi connectivity index (χ0n) is 12.4. The molecule has 3 rings (SSSR count). The van der Waals surface area contributed by atoms with Crippen molar-refractivity contribution in [1.29, 1.82) is 0 Å². The second-order valence-corrected chi connectivity index (χ2v) is 6.26. The van der Waals surface area contributed by atoms with Crippen LogP contribution in [0.2, 0.25) is 0 Å². The van der Waals surface area contributed by atoms with Crippen molar-refractivity contribution in [3.63, 3.8) is 0 Å². The monoisotopic (exact) mass is 281 g/mol. The van der Waals surface area contributed by atoms with Crippen LogP contribution in [-0.2, 0) is 0 Å². The molecule has 21 heavy (non-hydrogen) atoms. The third-order valence-electron chi connectivity index (χ3n) is 4.24. The second kappa shape index (κ2) is 5.28. The van der Waals surface area contributed by atoms with Gasteiger partial charge in [0.1, 0.15) is 6.33 Å². The van der Waals surface area contributed by atoms with Crippen molar-refractivity contribution in [2.45, 2.75) is 19.8 Å². The number of amides is 1. The van der Waals surface area contributed by atoms with Gasteiger partial charge in [0, 0.05) is 31.4 Å². The van der Waals surface area contributed by atoms with Crippen LogP contribution in [0.4, 0.5) is 0 Å². The minimum absolute atomic E-state index is 0.0158. The summed E-state index contributed by atoms with van der Waals surface area (Å²) in [5, 5.41) is 0. The Balaban J connectivity index is 1.84. The first-order chi connectivity index (χ1) is 10.1. The van der Waals surface area contributed by atoms with E-state index in [1.165, 1.54) is 11.9 Å². The highest BCUT2D eigenvalue weighted by Crippen LogP contribution is 2.42. The lowest BCUT2D eigenvalue weighted by atomic mass is 9.78. The Kier molecular flexibility index (Phi) is 3.45. The number of hydrogen-bond acceptors (Lipinski definition) is 3. The Hall–Kier alpha value is -2.23. The molecule has 1 fully saturated rings. The number of likely N-dealkylation sites (tertiary alicyclic amines) is 1. The zero-order chi connectivity index (χ0) is 14.9. The molecular formula is C17H19N3O. The summed E-state index contributed by atoms with van der Waals surface area (Å²) in [6.45, 7) is 5.93. The first-order valence-electron chi connectivity index (χ1n) is 7.17. The number of rotatable bonds is 2. The molecule has 0 saturated carbocycles. The molecule has 1 saturated heterocycles. The van der Waals surface area contributed by atoms with E-state index in [-0.39, 0.29) is 11.3 Å². The highest BCUT2D eigenvalue weighted by molar-refractivity contribution is 5.93. The summed E-state index contributed by atoms with van der Waals surface area (Å²) in [6, 6.07) is 10.4. The molecule has 0 radical (unpaired) electrons. The van der Waals surface area contributed by atoms with Gasteiger partial charge in [-0.2, -0.15) is 0 Å². The van der Waals surface area contributed by atoms with Crippen LogP contribution in [0.15, 0.2) is 49.1 Å². The summed E-state index contributed by atoms with van der Waals surface area (Å²) < 4.78 is 0. The number of carbonyl (C=O) groups is 1. The van der Waals surface area contributed by atoms with Gasteiger partial charge in [-0.05, 0) is 11.0 Å². The molecular weight excluding hydrogens is 262 g/mol. The molecule has 1 atom stereocenters. The van der Waals surface area contributed by atoms with Gasteiger partial charge in [-0.15, -0.1) is 0 Å². The van der Waals surface area contributed by atoms with Crippen molar-refractivity contribution in [3.8, 4) is 0 Å². The fourth-order valence-corrected chi connectivity index (χ4v) is 3.12. The lowest BCUT2D eigenvalue weighted by Gasteiger charge is -2.25. The van der Waals surface area contributed by atoms with E-state index in [1.807, 2.05) is 11.0 Å². The SMILES string of the molecule is CC1(C)CN(C(=O)c2cncnc2)C[C@@H]1c1ccccc1. The molecule has 1 aliphatic heterocycles. The lowest BCUT2D eigenvalue weighted by molar-refractivity contribution is 0.0777. The molecule has 2 heterocycles. The van der Waals surface area contributed by atoms with E-state index in [0.29, 0.717) is 11.5 Å². The fourth-order valence-electron chi connectivity index (χ4n) is 3.12.